The maximum absolute atomic E-state index is 12.9. The summed E-state index contributed by atoms with van der Waals surface area (Å²) < 4.78 is 0. The molecular formula is C22H32Cl2N4OS. The third kappa shape index (κ3) is 6.17. The first-order chi connectivity index (χ1) is 13.6. The van der Waals surface area contributed by atoms with Crippen molar-refractivity contribution in [3.63, 3.8) is 0 Å². The molecule has 2 aromatic rings. The van der Waals surface area contributed by atoms with Crippen molar-refractivity contribution in [2.45, 2.75) is 51.2 Å². The largest absolute Gasteiger partial charge is 0.327 e. The highest BCUT2D eigenvalue weighted by Gasteiger charge is 2.40. The Bertz CT molecular complexity index is 790. The van der Waals surface area contributed by atoms with Crippen molar-refractivity contribution >= 4 is 47.7 Å². The summed E-state index contributed by atoms with van der Waals surface area (Å²) in [6.45, 7) is 1.65. The van der Waals surface area contributed by atoms with E-state index in [1.165, 1.54) is 24.8 Å². The van der Waals surface area contributed by atoms with E-state index in [4.69, 9.17) is 5.73 Å². The van der Waals surface area contributed by atoms with Crippen LogP contribution in [0, 0.1) is 17.8 Å². The summed E-state index contributed by atoms with van der Waals surface area (Å²) >= 11 is 1.62. The van der Waals surface area contributed by atoms with Gasteiger partial charge in [0.25, 0.3) is 0 Å². The first-order valence-electron chi connectivity index (χ1n) is 10.3. The molecule has 1 heterocycles. The van der Waals surface area contributed by atoms with Gasteiger partial charge in [-0.1, -0.05) is 18.6 Å². The smallest absolute Gasteiger partial charge is 0.227 e. The molecule has 2 atom stereocenters. The number of fused-ring (bicyclic) bond motifs is 2. The Hall–Kier alpha value is -1.18. The highest BCUT2D eigenvalue weighted by molar-refractivity contribution is 7.07. The molecule has 2 unspecified atom stereocenters. The monoisotopic (exact) mass is 470 g/mol. The fourth-order valence-electron chi connectivity index (χ4n) is 4.95. The van der Waals surface area contributed by atoms with E-state index in [0.717, 1.165) is 37.3 Å². The molecule has 1 aromatic heterocycles. The predicted molar refractivity (Wildman–Crippen MR) is 128 cm³/mol. The Morgan fingerprint density at radius 1 is 1.23 bits per heavy atom. The van der Waals surface area contributed by atoms with Crippen molar-refractivity contribution in [2.24, 2.45) is 23.5 Å². The SMILES string of the molecule is CN(Cc1cccc(NC(=O)C2CC3CCCC(C2)C3N)c1)Cc1cscn1.Cl.Cl. The van der Waals surface area contributed by atoms with Crippen molar-refractivity contribution in [3.05, 3.63) is 46.4 Å². The maximum Gasteiger partial charge on any atom is 0.227 e. The topological polar surface area (TPSA) is 71.2 Å². The lowest BCUT2D eigenvalue weighted by Crippen LogP contribution is -2.48. The summed E-state index contributed by atoms with van der Waals surface area (Å²) in [6.07, 6.45) is 5.53. The van der Waals surface area contributed by atoms with Crippen molar-refractivity contribution in [3.8, 4) is 0 Å². The van der Waals surface area contributed by atoms with Gasteiger partial charge in [0.15, 0.2) is 0 Å². The van der Waals surface area contributed by atoms with E-state index in [1.54, 1.807) is 11.3 Å². The summed E-state index contributed by atoms with van der Waals surface area (Å²) in [5.41, 5.74) is 11.4. The number of halogens is 2. The van der Waals surface area contributed by atoms with E-state index in [2.05, 4.69) is 39.8 Å². The van der Waals surface area contributed by atoms with E-state index in [9.17, 15) is 4.79 Å². The van der Waals surface area contributed by atoms with Gasteiger partial charge in [0.05, 0.1) is 11.2 Å². The molecule has 2 saturated carbocycles. The molecule has 0 spiro atoms. The molecule has 4 rings (SSSR count). The van der Waals surface area contributed by atoms with Crippen LogP contribution in [-0.2, 0) is 17.9 Å². The number of amides is 1. The van der Waals surface area contributed by atoms with Gasteiger partial charge >= 0.3 is 0 Å². The minimum atomic E-state index is 0. The summed E-state index contributed by atoms with van der Waals surface area (Å²) in [4.78, 5) is 19.5. The average molecular weight is 471 g/mol. The number of carbonyl (C=O) groups excluding carboxylic acids is 1. The first kappa shape index (κ1) is 25.1. The molecule has 2 fully saturated rings. The Kier molecular flexibility index (Phi) is 9.57. The zero-order valence-electron chi connectivity index (χ0n) is 17.3. The van der Waals surface area contributed by atoms with E-state index in [-0.39, 0.29) is 36.6 Å². The number of anilines is 1. The fourth-order valence-corrected chi connectivity index (χ4v) is 5.50. The van der Waals surface area contributed by atoms with Gasteiger partial charge in [-0.3, -0.25) is 9.69 Å². The quantitative estimate of drug-likeness (QED) is 0.640. The van der Waals surface area contributed by atoms with Gasteiger partial charge in [-0.25, -0.2) is 4.98 Å². The van der Waals surface area contributed by atoms with Crippen LogP contribution in [0.15, 0.2) is 35.2 Å². The van der Waals surface area contributed by atoms with Crippen molar-refractivity contribution in [1.29, 1.82) is 0 Å². The van der Waals surface area contributed by atoms with Crippen LogP contribution in [0.25, 0.3) is 0 Å². The third-order valence-electron chi connectivity index (χ3n) is 6.35. The van der Waals surface area contributed by atoms with Gasteiger partial charge in [-0.15, -0.1) is 36.2 Å². The van der Waals surface area contributed by atoms with Crippen LogP contribution in [0.4, 0.5) is 5.69 Å². The Balaban J connectivity index is 0.00000160. The summed E-state index contributed by atoms with van der Waals surface area (Å²) in [6, 6.07) is 8.50. The lowest BCUT2D eigenvalue weighted by Gasteiger charge is -2.43. The Morgan fingerprint density at radius 3 is 2.63 bits per heavy atom. The van der Waals surface area contributed by atoms with E-state index >= 15 is 0 Å². The molecule has 1 aromatic carbocycles. The molecule has 2 bridgehead atoms. The number of hydrogen-bond donors (Lipinski definition) is 2. The van der Waals surface area contributed by atoms with Gasteiger partial charge in [0.2, 0.25) is 5.91 Å². The number of thiazole rings is 1. The number of nitrogens with two attached hydrogens (primary N) is 1. The fraction of sp³-hybridized carbons (Fsp3) is 0.545. The van der Waals surface area contributed by atoms with E-state index in [1.807, 2.05) is 17.6 Å². The Labute approximate surface area is 195 Å². The molecular weight excluding hydrogens is 439 g/mol. The maximum atomic E-state index is 12.9. The predicted octanol–water partition coefficient (Wildman–Crippen LogP) is 4.71. The number of aromatic nitrogens is 1. The van der Waals surface area contributed by atoms with Crippen LogP contribution in [-0.4, -0.2) is 28.9 Å². The first-order valence-corrected chi connectivity index (χ1v) is 11.2. The molecule has 0 aliphatic heterocycles. The molecule has 0 radical (unpaired) electrons. The van der Waals surface area contributed by atoms with E-state index in [0.29, 0.717) is 17.9 Å². The second kappa shape index (κ2) is 11.4. The minimum absolute atomic E-state index is 0. The number of hydrogen-bond acceptors (Lipinski definition) is 5. The highest BCUT2D eigenvalue weighted by Crippen LogP contribution is 2.42. The number of nitrogens with one attached hydrogen (secondary N) is 1. The zero-order chi connectivity index (χ0) is 19.5. The Morgan fingerprint density at radius 2 is 1.97 bits per heavy atom. The number of rotatable bonds is 6. The van der Waals surface area contributed by atoms with Gasteiger partial charge in [-0.05, 0) is 62.3 Å². The number of benzene rings is 1. The van der Waals surface area contributed by atoms with Crippen LogP contribution < -0.4 is 11.1 Å². The molecule has 30 heavy (non-hydrogen) atoms. The van der Waals surface area contributed by atoms with Gasteiger partial charge in [-0.2, -0.15) is 0 Å². The molecule has 1 amide bonds. The molecule has 2 aliphatic carbocycles. The molecule has 0 saturated heterocycles. The summed E-state index contributed by atoms with van der Waals surface area (Å²) in [7, 11) is 2.09. The van der Waals surface area contributed by atoms with Crippen LogP contribution in [0.2, 0.25) is 0 Å². The average Bonchev–Trinajstić information content (AvgIpc) is 3.14. The standard InChI is InChI=1S/C22H30N4OS.2ClH/c1-26(12-20-13-28-14-24-20)11-15-4-2-7-19(8-15)25-22(27)18-9-16-5-3-6-17(10-18)21(16)23;;/h2,4,7-8,13-14,16-18,21H,3,5-6,9-12,23H2,1H3,(H,25,27);2*1H. The van der Waals surface area contributed by atoms with Crippen LogP contribution in [0.5, 0.6) is 0 Å². The normalized spacial score (nSPS) is 25.2. The molecule has 3 N–H and O–H groups in total. The molecule has 2 aliphatic rings. The lowest BCUT2D eigenvalue weighted by atomic mass is 9.65. The number of carbonyl (C=O) groups is 1. The van der Waals surface area contributed by atoms with Gasteiger partial charge in [0.1, 0.15) is 0 Å². The zero-order valence-corrected chi connectivity index (χ0v) is 19.8. The second-order valence-electron chi connectivity index (χ2n) is 8.54. The van der Waals surface area contributed by atoms with Crippen molar-refractivity contribution in [2.75, 3.05) is 12.4 Å². The van der Waals surface area contributed by atoms with Crippen LogP contribution in [0.1, 0.15) is 43.4 Å². The molecule has 5 nitrogen and oxygen atoms in total. The third-order valence-corrected chi connectivity index (χ3v) is 6.98. The highest BCUT2D eigenvalue weighted by atomic mass is 35.5. The van der Waals surface area contributed by atoms with Gasteiger partial charge < -0.3 is 11.1 Å². The van der Waals surface area contributed by atoms with Crippen molar-refractivity contribution < 1.29 is 4.79 Å². The number of nitrogens with zero attached hydrogens (tertiary/aromatic N) is 2. The van der Waals surface area contributed by atoms with Gasteiger partial charge in [0, 0.05) is 36.1 Å². The summed E-state index contributed by atoms with van der Waals surface area (Å²) in [5, 5.41) is 5.25. The minimum Gasteiger partial charge on any atom is -0.327 e. The molecule has 8 heteroatoms. The summed E-state index contributed by atoms with van der Waals surface area (Å²) in [5.74, 6) is 1.31. The lowest BCUT2D eigenvalue weighted by molar-refractivity contribution is -0.122. The van der Waals surface area contributed by atoms with Crippen LogP contribution >= 0.6 is 36.2 Å². The molecule has 166 valence electrons. The van der Waals surface area contributed by atoms with E-state index < -0.39 is 0 Å². The second-order valence-corrected chi connectivity index (χ2v) is 9.26. The van der Waals surface area contributed by atoms with Crippen molar-refractivity contribution in [1.82, 2.24) is 9.88 Å². The van der Waals surface area contributed by atoms with Crippen LogP contribution in [0.3, 0.4) is 0 Å².